The first-order valence-corrected chi connectivity index (χ1v) is 9.67. The molecule has 0 spiro atoms. The van der Waals surface area contributed by atoms with Crippen LogP contribution in [0.1, 0.15) is 27.0 Å². The summed E-state index contributed by atoms with van der Waals surface area (Å²) < 4.78 is 58.9. The number of hydrogen-bond donors (Lipinski definition) is 0. The van der Waals surface area contributed by atoms with Gasteiger partial charge in [0.05, 0.1) is 35.8 Å². The van der Waals surface area contributed by atoms with E-state index in [2.05, 4.69) is 4.98 Å². The number of carbonyl (C=O) groups excluding carboxylic acids is 1. The third-order valence-electron chi connectivity index (χ3n) is 5.38. The zero-order valence-corrected chi connectivity index (χ0v) is 17.5. The van der Waals surface area contributed by atoms with Gasteiger partial charge in [0.15, 0.2) is 0 Å². The van der Waals surface area contributed by atoms with E-state index in [1.807, 2.05) is 0 Å². The van der Waals surface area contributed by atoms with Gasteiger partial charge in [0, 0.05) is 11.8 Å². The molecular weight excluding hydrogens is 426 g/mol. The van der Waals surface area contributed by atoms with Gasteiger partial charge in [-0.3, -0.25) is 9.69 Å². The summed E-state index contributed by atoms with van der Waals surface area (Å²) in [5, 5.41) is 0. The number of aromatic nitrogens is 1. The molecule has 9 heteroatoms. The first-order chi connectivity index (χ1) is 15.1. The van der Waals surface area contributed by atoms with E-state index in [1.54, 1.807) is 30.9 Å². The van der Waals surface area contributed by atoms with Gasteiger partial charge in [-0.05, 0) is 61.4 Å². The van der Waals surface area contributed by atoms with Crippen LogP contribution in [0.25, 0.3) is 0 Å². The van der Waals surface area contributed by atoms with Crippen molar-refractivity contribution >= 4 is 23.0 Å². The highest BCUT2D eigenvalue weighted by Gasteiger charge is 2.37. The van der Waals surface area contributed by atoms with E-state index in [4.69, 9.17) is 4.74 Å². The minimum atomic E-state index is -4.61. The second-order valence-electron chi connectivity index (χ2n) is 7.48. The Morgan fingerprint density at radius 1 is 0.938 bits per heavy atom. The number of halogens is 4. The number of methoxy groups -OCH3 is 1. The molecule has 0 saturated heterocycles. The predicted molar refractivity (Wildman–Crippen MR) is 112 cm³/mol. The largest absolute Gasteiger partial charge is 0.481 e. The van der Waals surface area contributed by atoms with E-state index in [0.29, 0.717) is 34.1 Å². The van der Waals surface area contributed by atoms with Gasteiger partial charge in [-0.15, -0.1) is 0 Å². The van der Waals surface area contributed by atoms with Crippen LogP contribution in [0.3, 0.4) is 0 Å². The Morgan fingerprint density at radius 3 is 2.25 bits per heavy atom. The van der Waals surface area contributed by atoms with Crippen LogP contribution < -0.4 is 14.5 Å². The Morgan fingerprint density at radius 2 is 1.62 bits per heavy atom. The Kier molecular flexibility index (Phi) is 5.28. The minimum Gasteiger partial charge on any atom is -0.481 e. The quantitative estimate of drug-likeness (QED) is 0.491. The van der Waals surface area contributed by atoms with Gasteiger partial charge in [-0.1, -0.05) is 0 Å². The van der Waals surface area contributed by atoms with E-state index in [0.717, 1.165) is 12.1 Å². The molecule has 1 amide bonds. The lowest BCUT2D eigenvalue weighted by Crippen LogP contribution is -2.45. The second kappa shape index (κ2) is 7.81. The minimum absolute atomic E-state index is 0.0124. The van der Waals surface area contributed by atoms with Gasteiger partial charge >= 0.3 is 6.18 Å². The number of fused-ring (bicyclic) bond motifs is 1. The van der Waals surface area contributed by atoms with Gasteiger partial charge in [0.1, 0.15) is 12.5 Å². The van der Waals surface area contributed by atoms with Crippen molar-refractivity contribution in [3.05, 3.63) is 76.7 Å². The number of rotatable bonds is 3. The standard InChI is InChI=1S/C23H19F4N3O2/c1-13-8-16(24)5-7-18(13)29-12-30(20-11-28-21(32-3)9-14(20)2)22(31)17-10-15(23(25,26)27)4-6-19(17)29/h4-11H,12H2,1-3H3. The fourth-order valence-electron chi connectivity index (χ4n) is 3.78. The molecule has 1 aliphatic heterocycles. The van der Waals surface area contributed by atoms with Crippen LogP contribution in [0.4, 0.5) is 34.6 Å². The highest BCUT2D eigenvalue weighted by Crippen LogP contribution is 2.40. The molecule has 5 nitrogen and oxygen atoms in total. The van der Waals surface area contributed by atoms with Crippen LogP contribution in [0, 0.1) is 19.7 Å². The Balaban J connectivity index is 1.90. The number of ether oxygens (including phenoxy) is 1. The lowest BCUT2D eigenvalue weighted by atomic mass is 10.0. The van der Waals surface area contributed by atoms with Gasteiger partial charge in [-0.25, -0.2) is 9.37 Å². The number of carbonyl (C=O) groups is 1. The van der Waals surface area contributed by atoms with Crippen LogP contribution in [0.15, 0.2) is 48.7 Å². The molecule has 0 atom stereocenters. The molecule has 3 aromatic rings. The molecule has 0 radical (unpaired) electrons. The average Bonchev–Trinajstić information content (AvgIpc) is 2.74. The summed E-state index contributed by atoms with van der Waals surface area (Å²) in [6.07, 6.45) is -3.16. The maximum absolute atomic E-state index is 13.7. The first-order valence-electron chi connectivity index (χ1n) is 9.67. The molecule has 2 heterocycles. The van der Waals surface area contributed by atoms with Crippen molar-refractivity contribution in [2.75, 3.05) is 23.6 Å². The van der Waals surface area contributed by atoms with Crippen molar-refractivity contribution in [3.63, 3.8) is 0 Å². The summed E-state index contributed by atoms with van der Waals surface area (Å²) in [4.78, 5) is 20.5. The number of aryl methyl sites for hydroxylation is 2. The van der Waals surface area contributed by atoms with Crippen LogP contribution >= 0.6 is 0 Å². The van der Waals surface area contributed by atoms with Crippen molar-refractivity contribution in [2.24, 2.45) is 0 Å². The third-order valence-corrected chi connectivity index (χ3v) is 5.38. The normalized spacial score (nSPS) is 13.9. The molecular formula is C23H19F4N3O2. The lowest BCUT2D eigenvalue weighted by Gasteiger charge is -2.39. The van der Waals surface area contributed by atoms with Crippen molar-refractivity contribution in [2.45, 2.75) is 20.0 Å². The van der Waals surface area contributed by atoms with Crippen molar-refractivity contribution in [3.8, 4) is 5.88 Å². The maximum Gasteiger partial charge on any atom is 0.416 e. The highest BCUT2D eigenvalue weighted by atomic mass is 19.4. The zero-order chi connectivity index (χ0) is 23.2. The molecule has 0 saturated carbocycles. The van der Waals surface area contributed by atoms with Crippen LogP contribution in [-0.2, 0) is 6.18 Å². The maximum atomic E-state index is 13.7. The number of alkyl halides is 3. The molecule has 0 bridgehead atoms. The van der Waals surface area contributed by atoms with E-state index in [-0.39, 0.29) is 12.2 Å². The molecule has 166 valence electrons. The highest BCUT2D eigenvalue weighted by molar-refractivity contribution is 6.13. The molecule has 2 aromatic carbocycles. The van der Waals surface area contributed by atoms with Gasteiger partial charge in [0.2, 0.25) is 5.88 Å². The number of nitrogens with zero attached hydrogens (tertiary/aromatic N) is 3. The van der Waals surface area contributed by atoms with Crippen molar-refractivity contribution in [1.82, 2.24) is 4.98 Å². The smallest absolute Gasteiger partial charge is 0.416 e. The SMILES string of the molecule is COc1cc(C)c(N2CN(c3ccc(F)cc3C)c3ccc(C(F)(F)F)cc3C2=O)cn1. The number of hydrogen-bond acceptors (Lipinski definition) is 4. The second-order valence-corrected chi connectivity index (χ2v) is 7.48. The van der Waals surface area contributed by atoms with Gasteiger partial charge < -0.3 is 9.64 Å². The number of pyridine rings is 1. The molecule has 4 rings (SSSR count). The van der Waals surface area contributed by atoms with Crippen LogP contribution in [0.2, 0.25) is 0 Å². The van der Waals surface area contributed by atoms with Gasteiger partial charge in [-0.2, -0.15) is 13.2 Å². The van der Waals surface area contributed by atoms with Crippen LogP contribution in [-0.4, -0.2) is 24.7 Å². The number of benzene rings is 2. The van der Waals surface area contributed by atoms with E-state index in [9.17, 15) is 22.4 Å². The zero-order valence-electron chi connectivity index (χ0n) is 17.5. The number of amides is 1. The van der Waals surface area contributed by atoms with E-state index >= 15 is 0 Å². The lowest BCUT2D eigenvalue weighted by molar-refractivity contribution is -0.137. The summed E-state index contributed by atoms with van der Waals surface area (Å²) in [7, 11) is 1.46. The first kappa shape index (κ1) is 21.6. The fourth-order valence-corrected chi connectivity index (χ4v) is 3.78. The third kappa shape index (κ3) is 3.74. The summed E-state index contributed by atoms with van der Waals surface area (Å²) >= 11 is 0. The summed E-state index contributed by atoms with van der Waals surface area (Å²) in [6.45, 7) is 3.46. The predicted octanol–water partition coefficient (Wildman–Crippen LogP) is 5.62. The molecule has 1 aliphatic rings. The molecule has 1 aromatic heterocycles. The monoisotopic (exact) mass is 445 g/mol. The molecule has 0 aliphatic carbocycles. The topological polar surface area (TPSA) is 45.7 Å². The van der Waals surface area contributed by atoms with Crippen LogP contribution in [0.5, 0.6) is 5.88 Å². The van der Waals surface area contributed by atoms with E-state index in [1.165, 1.54) is 36.4 Å². The fraction of sp³-hybridized carbons (Fsp3) is 0.217. The molecule has 32 heavy (non-hydrogen) atoms. The Hall–Kier alpha value is -3.62. The molecule has 0 N–H and O–H groups in total. The van der Waals surface area contributed by atoms with Gasteiger partial charge in [0.25, 0.3) is 5.91 Å². The number of anilines is 3. The summed E-state index contributed by atoms with van der Waals surface area (Å²) in [6, 6.07) is 8.84. The average molecular weight is 445 g/mol. The summed E-state index contributed by atoms with van der Waals surface area (Å²) in [5.41, 5.74) is 1.53. The van der Waals surface area contributed by atoms with Crippen molar-refractivity contribution in [1.29, 1.82) is 0 Å². The summed E-state index contributed by atoms with van der Waals surface area (Å²) in [5.74, 6) is -0.669. The molecule has 0 unspecified atom stereocenters. The van der Waals surface area contributed by atoms with Crippen molar-refractivity contribution < 1.29 is 27.1 Å². The Labute approximate surface area is 181 Å². The van der Waals surface area contributed by atoms with E-state index < -0.39 is 23.5 Å². The molecule has 0 fully saturated rings. The Bertz CT molecular complexity index is 1210.